The topological polar surface area (TPSA) is 35.5 Å². The molecule has 3 nitrogen and oxygen atoms in total. The van der Waals surface area contributed by atoms with Crippen molar-refractivity contribution in [3.8, 4) is 0 Å². The van der Waals surface area contributed by atoms with Gasteiger partial charge in [-0.3, -0.25) is 4.79 Å². The van der Waals surface area contributed by atoms with E-state index < -0.39 is 0 Å². The average molecular weight is 254 g/mol. The molecule has 2 saturated heterocycles. The van der Waals surface area contributed by atoms with Crippen LogP contribution in [0.15, 0.2) is 0 Å². The third-order valence-corrected chi connectivity index (χ3v) is 4.05. The lowest BCUT2D eigenvalue weighted by Gasteiger charge is -2.40. The monoisotopic (exact) mass is 254 g/mol. The first-order chi connectivity index (χ1) is 8.29. The van der Waals surface area contributed by atoms with Gasteiger partial charge < -0.3 is 9.47 Å². The van der Waals surface area contributed by atoms with E-state index in [-0.39, 0.29) is 29.2 Å². The van der Waals surface area contributed by atoms with Crippen LogP contribution in [-0.2, 0) is 14.3 Å². The number of rotatable bonds is 2. The SMILES string of the molecule is CC1(C)CCCC(C(=O)C2CCCC(C)(C)O2)O1. The van der Waals surface area contributed by atoms with E-state index in [1.165, 1.54) is 0 Å². The van der Waals surface area contributed by atoms with E-state index in [4.69, 9.17) is 9.47 Å². The quantitative estimate of drug-likeness (QED) is 0.759. The van der Waals surface area contributed by atoms with Gasteiger partial charge in [-0.2, -0.15) is 0 Å². The van der Waals surface area contributed by atoms with Gasteiger partial charge in [-0.1, -0.05) is 0 Å². The number of carbonyl (C=O) groups is 1. The molecule has 0 bridgehead atoms. The van der Waals surface area contributed by atoms with Crippen LogP contribution in [0.1, 0.15) is 66.2 Å². The van der Waals surface area contributed by atoms with E-state index in [9.17, 15) is 4.79 Å². The molecule has 2 rings (SSSR count). The van der Waals surface area contributed by atoms with Crippen molar-refractivity contribution in [2.45, 2.75) is 89.6 Å². The predicted octanol–water partition coefficient (Wildman–Crippen LogP) is 3.25. The Balaban J connectivity index is 1.98. The van der Waals surface area contributed by atoms with Crippen molar-refractivity contribution >= 4 is 5.78 Å². The molecule has 2 aliphatic heterocycles. The van der Waals surface area contributed by atoms with Crippen LogP contribution in [-0.4, -0.2) is 29.2 Å². The Morgan fingerprint density at radius 2 is 1.28 bits per heavy atom. The summed E-state index contributed by atoms with van der Waals surface area (Å²) in [6, 6.07) is 0. The van der Waals surface area contributed by atoms with Gasteiger partial charge in [0.2, 0.25) is 0 Å². The van der Waals surface area contributed by atoms with Crippen molar-refractivity contribution in [2.24, 2.45) is 0 Å². The van der Waals surface area contributed by atoms with Crippen LogP contribution in [0.2, 0.25) is 0 Å². The highest BCUT2D eigenvalue weighted by Crippen LogP contribution is 2.33. The predicted molar refractivity (Wildman–Crippen MR) is 70.6 cm³/mol. The molecule has 104 valence electrons. The van der Waals surface area contributed by atoms with E-state index in [1.54, 1.807) is 0 Å². The Labute approximate surface area is 110 Å². The van der Waals surface area contributed by atoms with E-state index in [0.29, 0.717) is 0 Å². The van der Waals surface area contributed by atoms with Gasteiger partial charge in [0.15, 0.2) is 5.78 Å². The molecule has 3 heteroatoms. The van der Waals surface area contributed by atoms with Crippen LogP contribution in [0.25, 0.3) is 0 Å². The number of hydrogen-bond donors (Lipinski definition) is 0. The molecular weight excluding hydrogens is 228 g/mol. The van der Waals surface area contributed by atoms with Crippen LogP contribution < -0.4 is 0 Å². The second-order valence-electron chi connectivity index (χ2n) is 6.92. The van der Waals surface area contributed by atoms with E-state index in [0.717, 1.165) is 38.5 Å². The van der Waals surface area contributed by atoms with E-state index >= 15 is 0 Å². The number of ketones is 1. The Morgan fingerprint density at radius 3 is 1.61 bits per heavy atom. The van der Waals surface area contributed by atoms with Crippen molar-refractivity contribution in [3.05, 3.63) is 0 Å². The summed E-state index contributed by atoms with van der Waals surface area (Å²) in [5, 5.41) is 0. The van der Waals surface area contributed by atoms with Crippen molar-refractivity contribution in [1.82, 2.24) is 0 Å². The minimum atomic E-state index is -0.257. The molecule has 0 aromatic rings. The first-order valence-electron chi connectivity index (χ1n) is 7.18. The molecule has 2 aliphatic rings. The fourth-order valence-corrected chi connectivity index (χ4v) is 3.04. The molecule has 0 spiro atoms. The molecule has 18 heavy (non-hydrogen) atoms. The van der Waals surface area contributed by atoms with Crippen molar-refractivity contribution in [1.29, 1.82) is 0 Å². The van der Waals surface area contributed by atoms with Gasteiger partial charge in [0.25, 0.3) is 0 Å². The molecular formula is C15H26O3. The standard InChI is InChI=1S/C15H26O3/c1-14(2)9-5-7-11(17-14)13(16)12-8-6-10-15(3,4)18-12/h11-12H,5-10H2,1-4H3. The fraction of sp³-hybridized carbons (Fsp3) is 0.933. The van der Waals surface area contributed by atoms with Crippen molar-refractivity contribution in [2.75, 3.05) is 0 Å². The maximum absolute atomic E-state index is 12.5. The highest BCUT2D eigenvalue weighted by Gasteiger charge is 2.39. The summed E-state index contributed by atoms with van der Waals surface area (Å²) in [5.74, 6) is 0.163. The third kappa shape index (κ3) is 3.33. The number of hydrogen-bond acceptors (Lipinski definition) is 3. The normalized spacial score (nSPS) is 35.1. The molecule has 2 fully saturated rings. The van der Waals surface area contributed by atoms with E-state index in [2.05, 4.69) is 27.7 Å². The first-order valence-corrected chi connectivity index (χ1v) is 7.18. The second-order valence-corrected chi connectivity index (χ2v) is 6.92. The second kappa shape index (κ2) is 4.93. The smallest absolute Gasteiger partial charge is 0.190 e. The van der Waals surface area contributed by atoms with Crippen LogP contribution in [0.3, 0.4) is 0 Å². The molecule has 0 radical (unpaired) electrons. The minimum Gasteiger partial charge on any atom is -0.364 e. The molecule has 2 atom stereocenters. The molecule has 0 amide bonds. The summed E-state index contributed by atoms with van der Waals surface area (Å²) < 4.78 is 11.9. The summed E-state index contributed by atoms with van der Waals surface area (Å²) in [7, 11) is 0. The van der Waals surface area contributed by atoms with Gasteiger partial charge >= 0.3 is 0 Å². The Bertz CT molecular complexity index is 290. The molecule has 0 aromatic heterocycles. The van der Waals surface area contributed by atoms with Gasteiger partial charge in [-0.05, 0) is 66.2 Å². The Morgan fingerprint density at radius 1 is 0.889 bits per heavy atom. The van der Waals surface area contributed by atoms with Gasteiger partial charge in [-0.15, -0.1) is 0 Å². The molecule has 0 aliphatic carbocycles. The fourth-order valence-electron chi connectivity index (χ4n) is 3.04. The van der Waals surface area contributed by atoms with Crippen LogP contribution in [0.5, 0.6) is 0 Å². The van der Waals surface area contributed by atoms with Crippen LogP contribution in [0.4, 0.5) is 0 Å². The lowest BCUT2D eigenvalue weighted by molar-refractivity contribution is -0.175. The van der Waals surface area contributed by atoms with Crippen LogP contribution in [0, 0.1) is 0 Å². The van der Waals surface area contributed by atoms with Gasteiger partial charge in [0.1, 0.15) is 12.2 Å². The zero-order chi connectivity index (χ0) is 13.4. The molecule has 0 saturated carbocycles. The molecule has 0 aromatic carbocycles. The lowest BCUT2D eigenvalue weighted by atomic mass is 9.88. The highest BCUT2D eigenvalue weighted by atomic mass is 16.5. The summed E-state index contributed by atoms with van der Waals surface area (Å²) in [5.41, 5.74) is -0.328. The maximum atomic E-state index is 12.5. The van der Waals surface area contributed by atoms with Gasteiger partial charge in [-0.25, -0.2) is 0 Å². The maximum Gasteiger partial charge on any atom is 0.190 e. The molecule has 0 N–H and O–H groups in total. The summed E-state index contributed by atoms with van der Waals surface area (Å²) in [6.07, 6.45) is 5.39. The number of Topliss-reactive ketones (excluding diaryl/α,β-unsaturated/α-hetero) is 1. The van der Waals surface area contributed by atoms with Crippen LogP contribution >= 0.6 is 0 Å². The average Bonchev–Trinajstić information content (AvgIpc) is 2.25. The van der Waals surface area contributed by atoms with Gasteiger partial charge in [0.05, 0.1) is 11.2 Å². The zero-order valence-electron chi connectivity index (χ0n) is 12.1. The largest absolute Gasteiger partial charge is 0.364 e. The first kappa shape index (κ1) is 14.0. The number of carbonyl (C=O) groups excluding carboxylic acids is 1. The summed E-state index contributed by atoms with van der Waals surface area (Å²) >= 11 is 0. The van der Waals surface area contributed by atoms with Crippen molar-refractivity contribution in [3.63, 3.8) is 0 Å². The Hall–Kier alpha value is -0.410. The minimum absolute atomic E-state index is 0.163. The van der Waals surface area contributed by atoms with Crippen molar-refractivity contribution < 1.29 is 14.3 Å². The molecule has 2 heterocycles. The lowest BCUT2D eigenvalue weighted by Crippen LogP contribution is -2.47. The van der Waals surface area contributed by atoms with E-state index in [1.807, 2.05) is 0 Å². The highest BCUT2D eigenvalue weighted by molar-refractivity contribution is 5.87. The Kier molecular flexibility index (Phi) is 3.84. The zero-order valence-corrected chi connectivity index (χ0v) is 12.1. The van der Waals surface area contributed by atoms with Gasteiger partial charge in [0, 0.05) is 0 Å². The third-order valence-electron chi connectivity index (χ3n) is 4.05. The number of ether oxygens (including phenoxy) is 2. The summed E-state index contributed by atoms with van der Waals surface area (Å²) in [6.45, 7) is 8.27. The summed E-state index contributed by atoms with van der Waals surface area (Å²) in [4.78, 5) is 12.5. The molecule has 2 unspecified atom stereocenters.